The zero-order chi connectivity index (χ0) is 17.7. The molecule has 2 aromatic carbocycles. The van der Waals surface area contributed by atoms with Crippen LogP contribution in [0.4, 0.5) is 0 Å². The maximum atomic E-state index is 12.5. The minimum atomic E-state index is -0.541. The Morgan fingerprint density at radius 2 is 1.92 bits per heavy atom. The molecule has 1 aliphatic carbocycles. The molecule has 7 heteroatoms. The van der Waals surface area contributed by atoms with Crippen molar-refractivity contribution in [1.29, 1.82) is 0 Å². The fourth-order valence-electron chi connectivity index (χ4n) is 3.16. The van der Waals surface area contributed by atoms with E-state index in [0.29, 0.717) is 27.1 Å². The summed E-state index contributed by atoms with van der Waals surface area (Å²) in [5, 5.41) is 0.728. The molecule has 3 aromatic rings. The fourth-order valence-corrected chi connectivity index (χ4v) is 3.53. The highest BCUT2D eigenvalue weighted by molar-refractivity contribution is 6.37. The van der Waals surface area contributed by atoms with Crippen LogP contribution in [0.2, 0.25) is 5.02 Å². The normalized spacial score (nSPS) is 14.2. The predicted molar refractivity (Wildman–Crippen MR) is 99.2 cm³/mol. The van der Waals surface area contributed by atoms with Gasteiger partial charge in [0, 0.05) is 18.2 Å². The number of aromatic nitrogens is 2. The summed E-state index contributed by atoms with van der Waals surface area (Å²) >= 11 is 6.67. The van der Waals surface area contributed by atoms with Gasteiger partial charge in [0.1, 0.15) is 0 Å². The number of nitrogen functional groups attached to an aromatic ring is 1. The van der Waals surface area contributed by atoms with Gasteiger partial charge in [0.15, 0.2) is 0 Å². The summed E-state index contributed by atoms with van der Waals surface area (Å²) in [5.74, 6) is 5.67. The third-order valence-corrected chi connectivity index (χ3v) is 4.99. The molecule has 25 heavy (non-hydrogen) atoms. The second-order valence-electron chi connectivity index (χ2n) is 6.29. The Bertz CT molecular complexity index is 1110. The zero-order valence-corrected chi connectivity index (χ0v) is 14.2. The number of nitrogens with zero attached hydrogens (tertiary/aromatic N) is 2. The molecule has 0 unspecified atom stereocenters. The van der Waals surface area contributed by atoms with Crippen molar-refractivity contribution in [1.82, 2.24) is 9.24 Å². The van der Waals surface area contributed by atoms with Gasteiger partial charge in [-0.1, -0.05) is 35.9 Å². The van der Waals surface area contributed by atoms with Crippen LogP contribution in [0, 0.1) is 0 Å². The topological polar surface area (TPSA) is 96.0 Å². The molecule has 4 rings (SSSR count). The van der Waals surface area contributed by atoms with Gasteiger partial charge in [0.25, 0.3) is 5.56 Å². The first-order chi connectivity index (χ1) is 12.0. The molecule has 0 saturated heterocycles. The highest BCUT2D eigenvalue weighted by Crippen LogP contribution is 2.39. The van der Waals surface area contributed by atoms with Gasteiger partial charge in [-0.15, -0.1) is 0 Å². The first kappa shape index (κ1) is 15.9. The monoisotopic (exact) mass is 356 g/mol. The lowest BCUT2D eigenvalue weighted by molar-refractivity contribution is 0.664. The summed E-state index contributed by atoms with van der Waals surface area (Å²) in [6.07, 6.45) is 1.74. The molecule has 1 aromatic heterocycles. The van der Waals surface area contributed by atoms with E-state index < -0.39 is 11.2 Å². The molecule has 1 fully saturated rings. The number of rotatable bonds is 3. The van der Waals surface area contributed by atoms with E-state index in [1.165, 1.54) is 0 Å². The lowest BCUT2D eigenvalue weighted by Gasteiger charge is -2.15. The van der Waals surface area contributed by atoms with E-state index in [9.17, 15) is 9.59 Å². The van der Waals surface area contributed by atoms with Crippen LogP contribution in [0.1, 0.15) is 24.4 Å². The maximum Gasteiger partial charge on any atom is 0.350 e. The molecule has 0 radical (unpaired) electrons. The summed E-state index contributed by atoms with van der Waals surface area (Å²) in [6, 6.07) is 11.2. The highest BCUT2D eigenvalue weighted by atomic mass is 35.5. The molecule has 6 nitrogen and oxygen atoms in total. The van der Waals surface area contributed by atoms with Gasteiger partial charge in [0.05, 0.1) is 15.9 Å². The van der Waals surface area contributed by atoms with E-state index in [2.05, 4.69) is 0 Å². The maximum absolute atomic E-state index is 12.5. The Balaban J connectivity index is 2.08. The van der Waals surface area contributed by atoms with Crippen molar-refractivity contribution in [2.75, 3.05) is 5.84 Å². The SMILES string of the molecule is NCc1cccc(-c2ccc3c(=O)n(N)c(=O)n(C4CC4)c3c2Cl)c1. The van der Waals surface area contributed by atoms with Crippen LogP contribution < -0.4 is 22.8 Å². The molecule has 0 spiro atoms. The van der Waals surface area contributed by atoms with E-state index in [-0.39, 0.29) is 6.04 Å². The van der Waals surface area contributed by atoms with Crippen LogP contribution in [-0.2, 0) is 6.54 Å². The van der Waals surface area contributed by atoms with Gasteiger partial charge in [-0.3, -0.25) is 9.36 Å². The van der Waals surface area contributed by atoms with Gasteiger partial charge in [-0.05, 0) is 36.1 Å². The third-order valence-electron chi connectivity index (χ3n) is 4.60. The first-order valence-electron chi connectivity index (χ1n) is 8.07. The molecule has 4 N–H and O–H groups in total. The number of hydrogen-bond acceptors (Lipinski definition) is 4. The molecule has 0 aliphatic heterocycles. The van der Waals surface area contributed by atoms with E-state index in [1.807, 2.05) is 24.3 Å². The molecule has 1 heterocycles. The van der Waals surface area contributed by atoms with Crippen LogP contribution in [0.5, 0.6) is 0 Å². The Morgan fingerprint density at radius 1 is 1.16 bits per heavy atom. The number of halogens is 1. The third kappa shape index (κ3) is 2.45. The van der Waals surface area contributed by atoms with Crippen molar-refractivity contribution in [3.63, 3.8) is 0 Å². The van der Waals surface area contributed by atoms with Crippen molar-refractivity contribution in [3.8, 4) is 11.1 Å². The van der Waals surface area contributed by atoms with Gasteiger partial charge in [-0.2, -0.15) is 4.68 Å². The largest absolute Gasteiger partial charge is 0.350 e. The van der Waals surface area contributed by atoms with Crippen molar-refractivity contribution < 1.29 is 0 Å². The summed E-state index contributed by atoms with van der Waals surface area (Å²) in [5.41, 5.74) is 7.72. The Labute approximate surface area is 148 Å². The van der Waals surface area contributed by atoms with Crippen molar-refractivity contribution in [3.05, 3.63) is 67.8 Å². The van der Waals surface area contributed by atoms with Crippen LogP contribution in [0.3, 0.4) is 0 Å². The van der Waals surface area contributed by atoms with Gasteiger partial charge in [-0.25, -0.2) is 4.79 Å². The minimum Gasteiger partial charge on any atom is -0.332 e. The van der Waals surface area contributed by atoms with Crippen LogP contribution in [0.25, 0.3) is 22.0 Å². The van der Waals surface area contributed by atoms with Crippen molar-refractivity contribution >= 4 is 22.5 Å². The molecule has 0 amide bonds. The van der Waals surface area contributed by atoms with Crippen LogP contribution in [-0.4, -0.2) is 9.24 Å². The molecule has 128 valence electrons. The molecular formula is C18H17ClN4O2. The van der Waals surface area contributed by atoms with E-state index in [4.69, 9.17) is 23.2 Å². The zero-order valence-electron chi connectivity index (χ0n) is 13.4. The Hall–Kier alpha value is -2.57. The Kier molecular flexibility index (Phi) is 3.67. The molecule has 1 saturated carbocycles. The first-order valence-corrected chi connectivity index (χ1v) is 8.45. The average molecular weight is 357 g/mol. The second-order valence-corrected chi connectivity index (χ2v) is 6.66. The van der Waals surface area contributed by atoms with Gasteiger partial charge in [0.2, 0.25) is 0 Å². The van der Waals surface area contributed by atoms with E-state index in [0.717, 1.165) is 29.5 Å². The fraction of sp³-hybridized carbons (Fsp3) is 0.222. The average Bonchev–Trinajstić information content (AvgIpc) is 3.46. The number of benzene rings is 2. The summed E-state index contributed by atoms with van der Waals surface area (Å²) in [4.78, 5) is 24.9. The van der Waals surface area contributed by atoms with Crippen LogP contribution >= 0.6 is 11.6 Å². The minimum absolute atomic E-state index is 0.0357. The molecular weight excluding hydrogens is 340 g/mol. The summed E-state index contributed by atoms with van der Waals surface area (Å²) in [6.45, 7) is 0.420. The van der Waals surface area contributed by atoms with Gasteiger partial charge < -0.3 is 11.6 Å². The number of fused-ring (bicyclic) bond motifs is 1. The Morgan fingerprint density at radius 3 is 2.60 bits per heavy atom. The second kappa shape index (κ2) is 5.75. The number of nitrogens with two attached hydrogens (primary N) is 2. The molecule has 1 aliphatic rings. The lowest BCUT2D eigenvalue weighted by atomic mass is 10.0. The quantitative estimate of drug-likeness (QED) is 0.701. The molecule has 0 bridgehead atoms. The van der Waals surface area contributed by atoms with Gasteiger partial charge >= 0.3 is 5.69 Å². The predicted octanol–water partition coefficient (Wildman–Crippen LogP) is 1.99. The summed E-state index contributed by atoms with van der Waals surface area (Å²) in [7, 11) is 0. The highest BCUT2D eigenvalue weighted by Gasteiger charge is 2.29. The smallest absolute Gasteiger partial charge is 0.332 e. The molecule has 0 atom stereocenters. The van der Waals surface area contributed by atoms with E-state index >= 15 is 0 Å². The standard InChI is InChI=1S/C18H17ClN4O2/c19-15-13(11-3-1-2-10(8-11)9-20)6-7-14-16(15)22(12-4-5-12)18(25)23(21)17(14)24/h1-3,6-8,12H,4-5,9,20-21H2. The van der Waals surface area contributed by atoms with E-state index in [1.54, 1.807) is 16.7 Å². The lowest BCUT2D eigenvalue weighted by Crippen LogP contribution is -2.44. The number of hydrogen-bond donors (Lipinski definition) is 2. The van der Waals surface area contributed by atoms with Crippen LogP contribution in [0.15, 0.2) is 46.0 Å². The van der Waals surface area contributed by atoms with Crippen molar-refractivity contribution in [2.45, 2.75) is 25.4 Å². The van der Waals surface area contributed by atoms with Crippen molar-refractivity contribution in [2.24, 2.45) is 5.73 Å². The summed E-state index contributed by atoms with van der Waals surface area (Å²) < 4.78 is 2.21.